The van der Waals surface area contributed by atoms with Gasteiger partial charge in [-0.05, 0) is 47.0 Å². The molecule has 4 aromatic rings. The van der Waals surface area contributed by atoms with E-state index < -0.39 is 6.04 Å². The van der Waals surface area contributed by atoms with Crippen LogP contribution in [0.2, 0.25) is 0 Å². The van der Waals surface area contributed by atoms with E-state index in [1.165, 1.54) is 17.0 Å². The highest BCUT2D eigenvalue weighted by atomic mass is 19.1. The van der Waals surface area contributed by atoms with Crippen molar-refractivity contribution in [2.45, 2.75) is 12.6 Å². The summed E-state index contributed by atoms with van der Waals surface area (Å²) in [4.78, 5) is 30.4. The molecular weight excluding hydrogens is 505 g/mol. The molecule has 3 amide bonds. The Labute approximate surface area is 233 Å². The van der Waals surface area contributed by atoms with Gasteiger partial charge in [0.1, 0.15) is 18.1 Å². The number of benzene rings is 4. The fraction of sp³-hybridized carbons (Fsp3) is 0.152. The molecular formula is C33H30FN3O3. The molecule has 0 fully saturated rings. The number of rotatable bonds is 6. The van der Waals surface area contributed by atoms with Crippen LogP contribution in [-0.2, 0) is 11.3 Å². The summed E-state index contributed by atoms with van der Waals surface area (Å²) < 4.78 is 19.0. The van der Waals surface area contributed by atoms with Crippen molar-refractivity contribution in [1.82, 2.24) is 9.80 Å². The molecule has 0 saturated carbocycles. The van der Waals surface area contributed by atoms with Crippen molar-refractivity contribution in [3.63, 3.8) is 0 Å². The molecule has 1 N–H and O–H groups in total. The highest BCUT2D eigenvalue weighted by Crippen LogP contribution is 2.30. The number of carbonyl (C=O) groups excluding carboxylic acids is 2. The summed E-state index contributed by atoms with van der Waals surface area (Å²) in [5, 5.41) is 3.00. The predicted molar refractivity (Wildman–Crippen MR) is 154 cm³/mol. The summed E-state index contributed by atoms with van der Waals surface area (Å²) in [6.07, 6.45) is 3.82. The van der Waals surface area contributed by atoms with Crippen molar-refractivity contribution in [3.8, 4) is 16.9 Å². The number of para-hydroxylation sites is 1. The average Bonchev–Trinajstić information content (AvgIpc) is 2.98. The molecule has 0 aromatic heterocycles. The normalized spacial score (nSPS) is 16.1. The van der Waals surface area contributed by atoms with E-state index in [0.29, 0.717) is 11.4 Å². The lowest BCUT2D eigenvalue weighted by molar-refractivity contribution is -0.134. The van der Waals surface area contributed by atoms with Gasteiger partial charge in [0.25, 0.3) is 0 Å². The minimum absolute atomic E-state index is 0.120. The van der Waals surface area contributed by atoms with Gasteiger partial charge in [0, 0.05) is 18.7 Å². The first-order chi connectivity index (χ1) is 19.5. The van der Waals surface area contributed by atoms with Gasteiger partial charge in [0.05, 0.1) is 18.8 Å². The Morgan fingerprint density at radius 2 is 1.70 bits per heavy atom. The number of carbonyl (C=O) groups is 2. The highest BCUT2D eigenvalue weighted by Gasteiger charge is 2.29. The van der Waals surface area contributed by atoms with Crippen LogP contribution < -0.4 is 10.1 Å². The zero-order valence-electron chi connectivity index (χ0n) is 22.2. The van der Waals surface area contributed by atoms with Gasteiger partial charge in [-0.1, -0.05) is 84.9 Å². The van der Waals surface area contributed by atoms with E-state index in [-0.39, 0.29) is 37.4 Å². The van der Waals surface area contributed by atoms with E-state index in [4.69, 9.17) is 4.74 Å². The van der Waals surface area contributed by atoms with Crippen LogP contribution >= 0.6 is 0 Å². The number of halogens is 1. The molecule has 1 heterocycles. The van der Waals surface area contributed by atoms with Crippen molar-refractivity contribution in [1.29, 1.82) is 0 Å². The first-order valence-corrected chi connectivity index (χ1v) is 13.1. The van der Waals surface area contributed by atoms with Crippen LogP contribution in [0.5, 0.6) is 5.75 Å². The Morgan fingerprint density at radius 1 is 0.950 bits per heavy atom. The Balaban J connectivity index is 1.42. The average molecular weight is 536 g/mol. The summed E-state index contributed by atoms with van der Waals surface area (Å²) >= 11 is 0. The fourth-order valence-corrected chi connectivity index (χ4v) is 4.79. The topological polar surface area (TPSA) is 61.9 Å². The van der Waals surface area contributed by atoms with Gasteiger partial charge in [0.15, 0.2) is 0 Å². The van der Waals surface area contributed by atoms with Crippen molar-refractivity contribution < 1.29 is 18.7 Å². The Bertz CT molecular complexity index is 1510. The zero-order chi connectivity index (χ0) is 27.9. The molecule has 7 heteroatoms. The minimum Gasteiger partial charge on any atom is -0.497 e. The summed E-state index contributed by atoms with van der Waals surface area (Å²) in [5.74, 6) is 0.110. The molecule has 0 bridgehead atoms. The van der Waals surface area contributed by atoms with E-state index in [1.54, 1.807) is 24.1 Å². The maximum atomic E-state index is 13.8. The van der Waals surface area contributed by atoms with Crippen molar-refractivity contribution >= 4 is 17.6 Å². The monoisotopic (exact) mass is 535 g/mol. The van der Waals surface area contributed by atoms with Crippen molar-refractivity contribution in [2.24, 2.45) is 0 Å². The van der Waals surface area contributed by atoms with Gasteiger partial charge in [-0.25, -0.2) is 9.18 Å². The summed E-state index contributed by atoms with van der Waals surface area (Å²) in [5.41, 5.74) is 4.19. The number of nitrogens with zero attached hydrogens (tertiary/aromatic N) is 2. The van der Waals surface area contributed by atoms with Gasteiger partial charge in [-0.2, -0.15) is 0 Å². The molecule has 40 heavy (non-hydrogen) atoms. The van der Waals surface area contributed by atoms with E-state index in [0.717, 1.165) is 22.3 Å². The van der Waals surface area contributed by atoms with Gasteiger partial charge in [-0.15, -0.1) is 0 Å². The second-order valence-corrected chi connectivity index (χ2v) is 9.52. The number of amides is 3. The summed E-state index contributed by atoms with van der Waals surface area (Å²) in [7, 11) is 1.60. The number of nitrogens with one attached hydrogen (secondary N) is 1. The number of ether oxygens (including phenoxy) is 1. The third-order valence-electron chi connectivity index (χ3n) is 6.87. The van der Waals surface area contributed by atoms with Gasteiger partial charge in [-0.3, -0.25) is 4.79 Å². The van der Waals surface area contributed by atoms with E-state index in [9.17, 15) is 14.0 Å². The first kappa shape index (κ1) is 26.7. The summed E-state index contributed by atoms with van der Waals surface area (Å²) in [6, 6.07) is 30.3. The quantitative estimate of drug-likeness (QED) is 0.280. The Hall–Kier alpha value is -4.91. The third kappa shape index (κ3) is 6.21. The van der Waals surface area contributed by atoms with Crippen molar-refractivity contribution in [3.05, 3.63) is 132 Å². The molecule has 1 aliphatic rings. The van der Waals surface area contributed by atoms with Crippen LogP contribution in [0.15, 0.2) is 115 Å². The number of hydrogen-bond donors (Lipinski definition) is 1. The number of methoxy groups -OCH3 is 1. The van der Waals surface area contributed by atoms with Crippen LogP contribution in [0, 0.1) is 5.82 Å². The molecule has 0 spiro atoms. The van der Waals surface area contributed by atoms with Crippen molar-refractivity contribution in [2.75, 3.05) is 25.5 Å². The lowest BCUT2D eigenvalue weighted by Crippen LogP contribution is -2.46. The molecule has 4 aromatic carbocycles. The molecule has 5 rings (SSSR count). The molecule has 1 aliphatic heterocycles. The standard InChI is InChI=1S/C33H30FN3O3/c1-40-28-12-7-11-26(21-28)31-15-8-20-36(23-32(38)37(31)22-24-16-18-27(34)19-17-24)33(39)35-30-14-6-5-13-29(30)25-9-3-2-4-10-25/h2-19,21,31H,20,22-23H2,1H3,(H,35,39)/b15-8-/t31-/m0/s1. The lowest BCUT2D eigenvalue weighted by Gasteiger charge is -2.34. The van der Waals surface area contributed by atoms with Crippen LogP contribution in [0.4, 0.5) is 14.9 Å². The van der Waals surface area contributed by atoms with Crippen LogP contribution in [-0.4, -0.2) is 41.9 Å². The summed E-state index contributed by atoms with van der Waals surface area (Å²) in [6.45, 7) is 0.388. The lowest BCUT2D eigenvalue weighted by atomic mass is 10.0. The van der Waals surface area contributed by atoms with E-state index in [1.807, 2.05) is 91.0 Å². The van der Waals surface area contributed by atoms with Crippen LogP contribution in [0.3, 0.4) is 0 Å². The molecule has 0 aliphatic carbocycles. The molecule has 0 saturated heterocycles. The molecule has 0 radical (unpaired) electrons. The number of hydrogen-bond acceptors (Lipinski definition) is 3. The fourth-order valence-electron chi connectivity index (χ4n) is 4.79. The van der Waals surface area contributed by atoms with E-state index >= 15 is 0 Å². The van der Waals surface area contributed by atoms with Gasteiger partial charge in [0.2, 0.25) is 5.91 Å². The molecule has 1 atom stereocenters. The zero-order valence-corrected chi connectivity index (χ0v) is 22.2. The smallest absolute Gasteiger partial charge is 0.322 e. The van der Waals surface area contributed by atoms with Crippen LogP contribution in [0.1, 0.15) is 17.2 Å². The predicted octanol–water partition coefficient (Wildman–Crippen LogP) is 6.68. The molecule has 202 valence electrons. The third-order valence-corrected chi connectivity index (χ3v) is 6.87. The Morgan fingerprint density at radius 3 is 2.48 bits per heavy atom. The highest BCUT2D eigenvalue weighted by molar-refractivity contribution is 5.96. The minimum atomic E-state index is -0.392. The Kier molecular flexibility index (Phi) is 8.21. The second-order valence-electron chi connectivity index (χ2n) is 9.52. The number of anilines is 1. The largest absolute Gasteiger partial charge is 0.497 e. The molecule has 6 nitrogen and oxygen atoms in total. The van der Waals surface area contributed by atoms with Gasteiger partial charge >= 0.3 is 6.03 Å². The van der Waals surface area contributed by atoms with E-state index in [2.05, 4.69) is 5.32 Å². The first-order valence-electron chi connectivity index (χ1n) is 13.1. The van der Waals surface area contributed by atoms with Gasteiger partial charge < -0.3 is 19.9 Å². The number of urea groups is 1. The SMILES string of the molecule is COc1cccc([C@@H]2/C=C\CN(C(=O)Nc3ccccc3-c3ccccc3)CC(=O)N2Cc2ccc(F)cc2)c1. The molecule has 0 unspecified atom stereocenters. The van der Waals surface area contributed by atoms with Crippen LogP contribution in [0.25, 0.3) is 11.1 Å². The maximum Gasteiger partial charge on any atom is 0.322 e. The maximum absolute atomic E-state index is 13.8. The second kappa shape index (κ2) is 12.3.